The molecule has 0 aromatic heterocycles. The van der Waals surface area contributed by atoms with Gasteiger partial charge in [-0.1, -0.05) is 48.5 Å². The van der Waals surface area contributed by atoms with Gasteiger partial charge in [0.1, 0.15) is 5.75 Å². The number of ether oxygens (including phenoxy) is 1. The second-order valence-corrected chi connectivity index (χ2v) is 6.36. The first-order chi connectivity index (χ1) is 13.0. The molecule has 3 rings (SSSR count). The molecule has 3 aromatic rings. The first kappa shape index (κ1) is 18.5. The average molecular weight is 362 g/mol. The highest BCUT2D eigenvalue weighted by molar-refractivity contribution is 5.90. The van der Waals surface area contributed by atoms with Gasteiger partial charge in [0.15, 0.2) is 6.61 Å². The highest BCUT2D eigenvalue weighted by Gasteiger charge is 2.12. The zero-order valence-electron chi connectivity index (χ0n) is 15.4. The SMILES string of the molecule is CC(=O)Nc1ccccc1OCC(=O)NC(C)c1ccc2ccccc2c1. The van der Waals surface area contributed by atoms with Gasteiger partial charge in [0.05, 0.1) is 11.7 Å². The largest absolute Gasteiger partial charge is 0.482 e. The normalized spacial score (nSPS) is 11.6. The Hall–Kier alpha value is -3.34. The molecule has 2 amide bonds. The molecule has 5 nitrogen and oxygen atoms in total. The molecular weight excluding hydrogens is 340 g/mol. The topological polar surface area (TPSA) is 67.4 Å². The van der Waals surface area contributed by atoms with Crippen LogP contribution in [0.1, 0.15) is 25.5 Å². The van der Waals surface area contributed by atoms with Crippen molar-refractivity contribution >= 4 is 28.3 Å². The standard InChI is InChI=1S/C22H22N2O3/c1-15(18-12-11-17-7-3-4-8-19(17)13-18)23-22(26)14-27-21-10-6-5-9-20(21)24-16(2)25/h3-13,15H,14H2,1-2H3,(H,23,26)(H,24,25). The number of fused-ring (bicyclic) bond motifs is 1. The molecule has 0 saturated heterocycles. The van der Waals surface area contributed by atoms with Crippen molar-refractivity contribution in [3.05, 3.63) is 72.3 Å². The van der Waals surface area contributed by atoms with Crippen molar-refractivity contribution in [3.8, 4) is 5.75 Å². The Kier molecular flexibility index (Phi) is 5.71. The lowest BCUT2D eigenvalue weighted by atomic mass is 10.0. The van der Waals surface area contributed by atoms with E-state index in [1.54, 1.807) is 24.3 Å². The van der Waals surface area contributed by atoms with Crippen molar-refractivity contribution in [2.24, 2.45) is 0 Å². The number of carbonyl (C=O) groups excluding carboxylic acids is 2. The van der Waals surface area contributed by atoms with Gasteiger partial charge in [-0.2, -0.15) is 0 Å². The van der Waals surface area contributed by atoms with Gasteiger partial charge in [-0.3, -0.25) is 9.59 Å². The minimum Gasteiger partial charge on any atom is -0.482 e. The minimum atomic E-state index is -0.228. The van der Waals surface area contributed by atoms with Crippen LogP contribution >= 0.6 is 0 Å². The zero-order chi connectivity index (χ0) is 19.2. The quantitative estimate of drug-likeness (QED) is 0.695. The maximum atomic E-state index is 12.3. The van der Waals surface area contributed by atoms with Crippen LogP contribution in [0.3, 0.4) is 0 Å². The van der Waals surface area contributed by atoms with Crippen molar-refractivity contribution in [1.29, 1.82) is 0 Å². The van der Waals surface area contributed by atoms with Gasteiger partial charge in [-0.05, 0) is 41.5 Å². The lowest BCUT2D eigenvalue weighted by Crippen LogP contribution is -2.31. The van der Waals surface area contributed by atoms with Crippen molar-refractivity contribution < 1.29 is 14.3 Å². The van der Waals surface area contributed by atoms with Crippen molar-refractivity contribution in [3.63, 3.8) is 0 Å². The molecule has 0 aliphatic heterocycles. The fourth-order valence-corrected chi connectivity index (χ4v) is 2.87. The van der Waals surface area contributed by atoms with Crippen LogP contribution < -0.4 is 15.4 Å². The Labute approximate surface area is 158 Å². The fourth-order valence-electron chi connectivity index (χ4n) is 2.87. The molecule has 0 heterocycles. The van der Waals surface area contributed by atoms with Gasteiger partial charge < -0.3 is 15.4 Å². The summed E-state index contributed by atoms with van der Waals surface area (Å²) in [5.74, 6) is 0.0370. The number of nitrogens with one attached hydrogen (secondary N) is 2. The molecule has 0 saturated carbocycles. The lowest BCUT2D eigenvalue weighted by Gasteiger charge is -2.16. The van der Waals surface area contributed by atoms with Crippen LogP contribution in [0.4, 0.5) is 5.69 Å². The maximum absolute atomic E-state index is 12.3. The van der Waals surface area contributed by atoms with Crippen molar-refractivity contribution in [2.75, 3.05) is 11.9 Å². The van der Waals surface area contributed by atoms with Gasteiger partial charge in [-0.25, -0.2) is 0 Å². The number of rotatable bonds is 6. The van der Waals surface area contributed by atoms with E-state index < -0.39 is 0 Å². The van der Waals surface area contributed by atoms with E-state index in [9.17, 15) is 9.59 Å². The fraction of sp³-hybridized carbons (Fsp3) is 0.182. The maximum Gasteiger partial charge on any atom is 0.258 e. The first-order valence-electron chi connectivity index (χ1n) is 8.80. The molecule has 0 aliphatic carbocycles. The number of hydrogen-bond acceptors (Lipinski definition) is 3. The van der Waals surface area contributed by atoms with Crippen LogP contribution in [-0.4, -0.2) is 18.4 Å². The van der Waals surface area contributed by atoms with Gasteiger partial charge in [0.25, 0.3) is 5.91 Å². The van der Waals surface area contributed by atoms with Gasteiger partial charge in [-0.15, -0.1) is 0 Å². The Balaban J connectivity index is 1.61. The van der Waals surface area contributed by atoms with E-state index in [0.29, 0.717) is 11.4 Å². The van der Waals surface area contributed by atoms with Crippen LogP contribution in [0.15, 0.2) is 66.7 Å². The molecule has 1 atom stereocenters. The third kappa shape index (κ3) is 4.85. The molecule has 0 spiro atoms. The molecule has 0 fully saturated rings. The molecule has 3 aromatic carbocycles. The summed E-state index contributed by atoms with van der Waals surface area (Å²) in [5, 5.41) is 7.93. The number of para-hydroxylation sites is 2. The number of carbonyl (C=O) groups is 2. The monoisotopic (exact) mass is 362 g/mol. The van der Waals surface area contributed by atoms with Crippen molar-refractivity contribution in [2.45, 2.75) is 19.9 Å². The Morgan fingerprint density at radius 1 is 0.963 bits per heavy atom. The highest BCUT2D eigenvalue weighted by Crippen LogP contribution is 2.24. The van der Waals surface area contributed by atoms with E-state index in [-0.39, 0.29) is 24.5 Å². The smallest absolute Gasteiger partial charge is 0.258 e. The molecule has 2 N–H and O–H groups in total. The third-order valence-corrected chi connectivity index (χ3v) is 4.21. The number of amides is 2. The van der Waals surface area contributed by atoms with E-state index in [1.807, 2.05) is 31.2 Å². The van der Waals surface area contributed by atoms with Crippen LogP contribution in [0.25, 0.3) is 10.8 Å². The van der Waals surface area contributed by atoms with E-state index >= 15 is 0 Å². The molecule has 0 radical (unpaired) electrons. The highest BCUT2D eigenvalue weighted by atomic mass is 16.5. The molecule has 27 heavy (non-hydrogen) atoms. The first-order valence-corrected chi connectivity index (χ1v) is 8.80. The summed E-state index contributed by atoms with van der Waals surface area (Å²) >= 11 is 0. The third-order valence-electron chi connectivity index (χ3n) is 4.21. The number of hydrogen-bond donors (Lipinski definition) is 2. The summed E-state index contributed by atoms with van der Waals surface area (Å²) in [5.41, 5.74) is 1.57. The van der Waals surface area contributed by atoms with E-state index in [2.05, 4.69) is 28.8 Å². The Morgan fingerprint density at radius 3 is 2.44 bits per heavy atom. The Morgan fingerprint density at radius 2 is 1.67 bits per heavy atom. The second kappa shape index (κ2) is 8.36. The predicted octanol–water partition coefficient (Wildman–Crippen LogP) is 4.05. The lowest BCUT2D eigenvalue weighted by molar-refractivity contribution is -0.123. The molecule has 0 aliphatic rings. The molecule has 138 valence electrons. The van der Waals surface area contributed by atoms with Crippen LogP contribution in [-0.2, 0) is 9.59 Å². The van der Waals surface area contributed by atoms with E-state index in [1.165, 1.54) is 6.92 Å². The summed E-state index contributed by atoms with van der Waals surface area (Å²) in [4.78, 5) is 23.5. The van der Waals surface area contributed by atoms with Crippen LogP contribution in [0.5, 0.6) is 5.75 Å². The van der Waals surface area contributed by atoms with Crippen molar-refractivity contribution in [1.82, 2.24) is 5.32 Å². The van der Waals surface area contributed by atoms with Crippen LogP contribution in [0, 0.1) is 0 Å². The van der Waals surface area contributed by atoms with E-state index in [0.717, 1.165) is 16.3 Å². The molecule has 5 heteroatoms. The van der Waals surface area contributed by atoms with Gasteiger partial charge >= 0.3 is 0 Å². The number of benzene rings is 3. The van der Waals surface area contributed by atoms with E-state index in [4.69, 9.17) is 4.74 Å². The summed E-state index contributed by atoms with van der Waals surface area (Å²) in [6, 6.07) is 21.1. The molecule has 1 unspecified atom stereocenters. The predicted molar refractivity (Wildman–Crippen MR) is 107 cm³/mol. The second-order valence-electron chi connectivity index (χ2n) is 6.36. The summed E-state index contributed by atoms with van der Waals surface area (Å²) in [6.07, 6.45) is 0. The Bertz CT molecular complexity index is 968. The minimum absolute atomic E-state index is 0.130. The van der Waals surface area contributed by atoms with Crippen LogP contribution in [0.2, 0.25) is 0 Å². The van der Waals surface area contributed by atoms with Gasteiger partial charge in [0, 0.05) is 6.92 Å². The number of anilines is 1. The summed E-state index contributed by atoms with van der Waals surface area (Å²) in [7, 11) is 0. The van der Waals surface area contributed by atoms with Gasteiger partial charge in [0.2, 0.25) is 5.91 Å². The average Bonchev–Trinajstić information content (AvgIpc) is 2.66. The zero-order valence-corrected chi connectivity index (χ0v) is 15.4. The molecular formula is C22H22N2O3. The summed E-state index contributed by atoms with van der Waals surface area (Å²) in [6.45, 7) is 3.23. The molecule has 0 bridgehead atoms. The summed E-state index contributed by atoms with van der Waals surface area (Å²) < 4.78 is 5.58.